The van der Waals surface area contributed by atoms with Crippen LogP contribution in [0, 0.1) is 5.82 Å². The maximum atomic E-state index is 14.1. The number of hydrogen-bond donors (Lipinski definition) is 1. The molecule has 0 saturated heterocycles. The van der Waals surface area contributed by atoms with Crippen molar-refractivity contribution in [2.75, 3.05) is 12.4 Å². The zero-order chi connectivity index (χ0) is 14.7. The van der Waals surface area contributed by atoms with Crippen molar-refractivity contribution in [1.29, 1.82) is 0 Å². The molecule has 1 heterocycles. The van der Waals surface area contributed by atoms with Crippen molar-refractivity contribution < 1.29 is 9.13 Å². The molecule has 0 radical (unpaired) electrons. The van der Waals surface area contributed by atoms with Gasteiger partial charge in [0.25, 0.3) is 0 Å². The number of benzene rings is 1. The fourth-order valence-electron chi connectivity index (χ4n) is 1.53. The molecule has 5 nitrogen and oxygen atoms in total. The molecule has 0 atom stereocenters. The Balaban J connectivity index is 2.52. The minimum atomic E-state index is -0.420. The first-order valence-corrected chi connectivity index (χ1v) is 6.85. The lowest BCUT2D eigenvalue weighted by Gasteiger charge is -2.10. The van der Waals surface area contributed by atoms with Gasteiger partial charge in [-0.3, -0.25) is 0 Å². The van der Waals surface area contributed by atoms with Crippen LogP contribution in [0.25, 0.3) is 11.4 Å². The lowest BCUT2D eigenvalue weighted by atomic mass is 10.2. The lowest BCUT2D eigenvalue weighted by molar-refractivity contribution is 0.222. The maximum absolute atomic E-state index is 14.1. The fourth-order valence-corrected chi connectivity index (χ4v) is 1.89. The van der Waals surface area contributed by atoms with E-state index in [-0.39, 0.29) is 23.5 Å². The summed E-state index contributed by atoms with van der Waals surface area (Å²) in [5, 5.41) is 2.81. The molecule has 2 aromatic rings. The number of rotatable bonds is 4. The van der Waals surface area contributed by atoms with Crippen molar-refractivity contribution in [3.8, 4) is 17.4 Å². The van der Waals surface area contributed by atoms with E-state index in [1.165, 1.54) is 0 Å². The molecule has 1 aromatic heterocycles. The van der Waals surface area contributed by atoms with E-state index in [9.17, 15) is 4.39 Å². The van der Waals surface area contributed by atoms with Crippen LogP contribution in [0.15, 0.2) is 22.7 Å². The quantitative estimate of drug-likeness (QED) is 0.925. The highest BCUT2D eigenvalue weighted by molar-refractivity contribution is 9.10. The fraction of sp³-hybridized carbons (Fsp3) is 0.308. The van der Waals surface area contributed by atoms with Crippen LogP contribution in [0.5, 0.6) is 6.01 Å². The smallest absolute Gasteiger partial charge is 0.322 e. The molecule has 1 N–H and O–H groups in total. The minimum absolute atomic E-state index is 0.0812. The van der Waals surface area contributed by atoms with Crippen LogP contribution < -0.4 is 10.1 Å². The molecule has 7 heteroatoms. The number of hydrogen-bond acceptors (Lipinski definition) is 5. The van der Waals surface area contributed by atoms with Crippen LogP contribution >= 0.6 is 15.9 Å². The number of nitrogens with zero attached hydrogens (tertiary/aromatic N) is 3. The Bertz CT molecular complexity index is 621. The Morgan fingerprint density at radius 2 is 2.00 bits per heavy atom. The highest BCUT2D eigenvalue weighted by Crippen LogP contribution is 2.26. The van der Waals surface area contributed by atoms with Crippen LogP contribution in [0.1, 0.15) is 13.8 Å². The van der Waals surface area contributed by atoms with Gasteiger partial charge in [0, 0.05) is 7.05 Å². The molecule has 0 aliphatic carbocycles. The molecule has 2 rings (SSSR count). The Kier molecular flexibility index (Phi) is 4.49. The van der Waals surface area contributed by atoms with Gasteiger partial charge in [-0.2, -0.15) is 15.0 Å². The van der Waals surface area contributed by atoms with Crippen molar-refractivity contribution >= 4 is 21.9 Å². The van der Waals surface area contributed by atoms with Gasteiger partial charge in [0.2, 0.25) is 5.95 Å². The third-order valence-electron chi connectivity index (χ3n) is 2.37. The largest absolute Gasteiger partial charge is 0.461 e. The first kappa shape index (κ1) is 14.6. The Hall–Kier alpha value is -1.76. The first-order chi connectivity index (χ1) is 9.51. The van der Waals surface area contributed by atoms with Crippen molar-refractivity contribution in [2.24, 2.45) is 0 Å². The molecule has 20 heavy (non-hydrogen) atoms. The predicted octanol–water partition coefficient (Wildman–Crippen LogP) is 3.27. The maximum Gasteiger partial charge on any atom is 0.322 e. The van der Waals surface area contributed by atoms with Gasteiger partial charge in [-0.05, 0) is 41.9 Å². The number of halogens is 2. The number of anilines is 1. The highest BCUT2D eigenvalue weighted by atomic mass is 79.9. The van der Waals surface area contributed by atoms with Crippen molar-refractivity contribution in [3.63, 3.8) is 0 Å². The molecule has 0 aliphatic rings. The average molecular weight is 341 g/mol. The predicted molar refractivity (Wildman–Crippen MR) is 78.2 cm³/mol. The van der Waals surface area contributed by atoms with Gasteiger partial charge in [-0.15, -0.1) is 0 Å². The summed E-state index contributed by atoms with van der Waals surface area (Å²) in [5.74, 6) is 0.125. The van der Waals surface area contributed by atoms with Crippen molar-refractivity contribution in [3.05, 3.63) is 28.5 Å². The molecule has 0 saturated carbocycles. The SMILES string of the molecule is CNc1nc(OC(C)C)nc(-c2cccc(Br)c2F)n1. The van der Waals surface area contributed by atoms with Crippen molar-refractivity contribution in [2.45, 2.75) is 20.0 Å². The summed E-state index contributed by atoms with van der Waals surface area (Å²) in [6.07, 6.45) is -0.0812. The third-order valence-corrected chi connectivity index (χ3v) is 2.98. The zero-order valence-electron chi connectivity index (χ0n) is 11.3. The summed E-state index contributed by atoms with van der Waals surface area (Å²) in [6.45, 7) is 3.73. The standard InChI is InChI=1S/C13H14BrFN4O/c1-7(2)20-13-18-11(17-12(16-3)19-13)8-5-4-6-9(14)10(8)15/h4-7H,1-3H3,(H,16,17,18,19). The normalized spacial score (nSPS) is 10.7. The number of aromatic nitrogens is 3. The van der Waals surface area contributed by atoms with Crippen molar-refractivity contribution in [1.82, 2.24) is 15.0 Å². The van der Waals surface area contributed by atoms with Crippen LogP contribution in [0.3, 0.4) is 0 Å². The first-order valence-electron chi connectivity index (χ1n) is 6.06. The van der Waals surface area contributed by atoms with E-state index in [1.54, 1.807) is 25.2 Å². The summed E-state index contributed by atoms with van der Waals surface area (Å²) >= 11 is 3.14. The number of ether oxygens (including phenoxy) is 1. The van der Waals surface area contributed by atoms with E-state index in [0.29, 0.717) is 10.4 Å². The van der Waals surface area contributed by atoms with Gasteiger partial charge in [0.15, 0.2) is 5.82 Å². The summed E-state index contributed by atoms with van der Waals surface area (Å²) in [5.41, 5.74) is 0.284. The van der Waals surface area contributed by atoms with Crippen LogP contribution in [-0.2, 0) is 0 Å². The van der Waals surface area contributed by atoms with E-state index < -0.39 is 5.82 Å². The average Bonchev–Trinajstić information content (AvgIpc) is 2.40. The summed E-state index contributed by atoms with van der Waals surface area (Å²) in [4.78, 5) is 12.4. The topological polar surface area (TPSA) is 59.9 Å². The van der Waals surface area contributed by atoms with E-state index >= 15 is 0 Å². The molecule has 0 amide bonds. The van der Waals surface area contributed by atoms with Gasteiger partial charge >= 0.3 is 6.01 Å². The third kappa shape index (κ3) is 3.22. The monoisotopic (exact) mass is 340 g/mol. The van der Waals surface area contributed by atoms with E-state index in [0.717, 1.165) is 0 Å². The van der Waals surface area contributed by atoms with E-state index in [4.69, 9.17) is 4.74 Å². The zero-order valence-corrected chi connectivity index (χ0v) is 12.9. The molecule has 0 bridgehead atoms. The van der Waals surface area contributed by atoms with E-state index in [2.05, 4.69) is 36.2 Å². The number of nitrogens with one attached hydrogen (secondary N) is 1. The molecule has 0 unspecified atom stereocenters. The highest BCUT2D eigenvalue weighted by Gasteiger charge is 2.15. The Morgan fingerprint density at radius 1 is 1.25 bits per heavy atom. The van der Waals surface area contributed by atoms with Gasteiger partial charge < -0.3 is 10.1 Å². The summed E-state index contributed by atoms with van der Waals surface area (Å²) < 4.78 is 19.9. The van der Waals surface area contributed by atoms with Gasteiger partial charge in [-0.25, -0.2) is 4.39 Å². The van der Waals surface area contributed by atoms with E-state index in [1.807, 2.05) is 13.8 Å². The minimum Gasteiger partial charge on any atom is -0.461 e. The molecule has 0 fully saturated rings. The summed E-state index contributed by atoms with van der Waals surface area (Å²) in [6, 6.07) is 5.10. The Morgan fingerprint density at radius 3 is 2.65 bits per heavy atom. The molecular weight excluding hydrogens is 327 g/mol. The second kappa shape index (κ2) is 6.13. The second-order valence-electron chi connectivity index (χ2n) is 4.28. The van der Waals surface area contributed by atoms with Crippen LogP contribution in [0.4, 0.5) is 10.3 Å². The molecule has 0 aliphatic heterocycles. The van der Waals surface area contributed by atoms with Gasteiger partial charge in [-0.1, -0.05) is 6.07 Å². The second-order valence-corrected chi connectivity index (χ2v) is 5.14. The Labute approximate surface area is 124 Å². The summed E-state index contributed by atoms with van der Waals surface area (Å²) in [7, 11) is 1.68. The molecule has 106 valence electrons. The van der Waals surface area contributed by atoms with Crippen LogP contribution in [0.2, 0.25) is 0 Å². The lowest BCUT2D eigenvalue weighted by Crippen LogP contribution is -2.11. The van der Waals surface area contributed by atoms with Crippen LogP contribution in [-0.4, -0.2) is 28.1 Å². The molecule has 1 aromatic carbocycles. The molecule has 0 spiro atoms. The molecular formula is C13H14BrFN4O. The van der Waals surface area contributed by atoms with Gasteiger partial charge in [0.1, 0.15) is 5.82 Å². The van der Waals surface area contributed by atoms with Gasteiger partial charge in [0.05, 0.1) is 16.1 Å².